The molecule has 0 bridgehead atoms. The van der Waals surface area contributed by atoms with Crippen LogP contribution in [0.3, 0.4) is 0 Å². The van der Waals surface area contributed by atoms with Crippen molar-refractivity contribution >= 4 is 27.0 Å². The van der Waals surface area contributed by atoms with Gasteiger partial charge in [0.15, 0.2) is 11.5 Å². The zero-order valence-electron chi connectivity index (χ0n) is 12.4. The van der Waals surface area contributed by atoms with Crippen molar-refractivity contribution in [2.75, 3.05) is 21.3 Å². The van der Waals surface area contributed by atoms with Crippen molar-refractivity contribution in [3.63, 3.8) is 0 Å². The van der Waals surface area contributed by atoms with Gasteiger partial charge >= 0.3 is 0 Å². The van der Waals surface area contributed by atoms with E-state index in [0.29, 0.717) is 17.2 Å². The molecule has 1 N–H and O–H groups in total. The van der Waals surface area contributed by atoms with Gasteiger partial charge in [-0.15, -0.1) is 0 Å². The van der Waals surface area contributed by atoms with Crippen LogP contribution in [0.5, 0.6) is 17.2 Å². The minimum atomic E-state index is 0.539. The van der Waals surface area contributed by atoms with Crippen LogP contribution < -0.4 is 14.2 Å². The van der Waals surface area contributed by atoms with Gasteiger partial charge in [0.2, 0.25) is 5.75 Å². The van der Waals surface area contributed by atoms with Gasteiger partial charge in [-0.2, -0.15) is 0 Å². The third kappa shape index (κ3) is 2.29. The van der Waals surface area contributed by atoms with Crippen LogP contribution in [0.15, 0.2) is 34.8 Å². The molecule has 0 spiro atoms. The van der Waals surface area contributed by atoms with E-state index in [1.807, 2.05) is 30.3 Å². The maximum atomic E-state index is 5.45. The van der Waals surface area contributed by atoms with Crippen LogP contribution in [0.2, 0.25) is 0 Å². The first kappa shape index (κ1) is 14.7. The molecule has 0 radical (unpaired) electrons. The van der Waals surface area contributed by atoms with Crippen LogP contribution in [0.1, 0.15) is 0 Å². The van der Waals surface area contributed by atoms with Gasteiger partial charge in [0, 0.05) is 5.56 Å². The molecule has 0 atom stereocenters. The number of rotatable bonds is 4. The van der Waals surface area contributed by atoms with E-state index in [4.69, 9.17) is 14.2 Å². The van der Waals surface area contributed by atoms with Crippen molar-refractivity contribution in [2.24, 2.45) is 0 Å². The molecule has 3 aromatic rings. The molecule has 1 aromatic heterocycles. The quantitative estimate of drug-likeness (QED) is 0.761. The first-order valence-electron chi connectivity index (χ1n) is 6.63. The molecule has 22 heavy (non-hydrogen) atoms. The molecule has 0 aliphatic rings. The van der Waals surface area contributed by atoms with E-state index in [1.165, 1.54) is 0 Å². The Kier molecular flexibility index (Phi) is 3.94. The largest absolute Gasteiger partial charge is 0.493 e. The summed E-state index contributed by atoms with van der Waals surface area (Å²) in [5.74, 6) is 2.42. The van der Waals surface area contributed by atoms with E-state index >= 15 is 0 Å². The number of hydrogen-bond acceptors (Lipinski definition) is 4. The number of fused-ring (bicyclic) bond motifs is 1. The van der Waals surface area contributed by atoms with Gasteiger partial charge in [0.1, 0.15) is 5.82 Å². The Balaban J connectivity index is 2.25. The summed E-state index contributed by atoms with van der Waals surface area (Å²) in [7, 11) is 4.76. The number of aromatic nitrogens is 2. The van der Waals surface area contributed by atoms with E-state index in [0.717, 1.165) is 26.9 Å². The molecule has 0 saturated carbocycles. The van der Waals surface area contributed by atoms with Crippen molar-refractivity contribution in [2.45, 2.75) is 0 Å². The lowest BCUT2D eigenvalue weighted by Gasteiger charge is -2.15. The first-order valence-corrected chi connectivity index (χ1v) is 7.42. The average molecular weight is 363 g/mol. The monoisotopic (exact) mass is 362 g/mol. The Morgan fingerprint density at radius 2 is 1.73 bits per heavy atom. The summed E-state index contributed by atoms with van der Waals surface area (Å²) in [5, 5.41) is 0. The molecular formula is C16H15BrN2O3. The summed E-state index contributed by atoms with van der Waals surface area (Å²) >= 11 is 3.57. The summed E-state index contributed by atoms with van der Waals surface area (Å²) < 4.78 is 17.0. The fraction of sp³-hybridized carbons (Fsp3) is 0.188. The summed E-state index contributed by atoms with van der Waals surface area (Å²) in [4.78, 5) is 7.91. The Labute approximate surface area is 136 Å². The summed E-state index contributed by atoms with van der Waals surface area (Å²) in [6, 6.07) is 9.73. The highest BCUT2D eigenvalue weighted by atomic mass is 79.9. The van der Waals surface area contributed by atoms with Crippen molar-refractivity contribution in [3.8, 4) is 28.6 Å². The van der Waals surface area contributed by atoms with Crippen molar-refractivity contribution < 1.29 is 14.2 Å². The summed E-state index contributed by atoms with van der Waals surface area (Å²) in [6.45, 7) is 0. The Morgan fingerprint density at radius 1 is 1.00 bits per heavy atom. The molecule has 0 unspecified atom stereocenters. The third-order valence-electron chi connectivity index (χ3n) is 3.41. The van der Waals surface area contributed by atoms with Gasteiger partial charge < -0.3 is 19.2 Å². The second kappa shape index (κ2) is 5.88. The second-order valence-electron chi connectivity index (χ2n) is 4.61. The fourth-order valence-corrected chi connectivity index (χ4v) is 3.02. The number of ether oxygens (including phenoxy) is 3. The zero-order valence-corrected chi connectivity index (χ0v) is 14.0. The maximum absolute atomic E-state index is 5.45. The van der Waals surface area contributed by atoms with E-state index < -0.39 is 0 Å². The lowest BCUT2D eigenvalue weighted by atomic mass is 10.1. The first-order chi connectivity index (χ1) is 10.7. The predicted molar refractivity (Wildman–Crippen MR) is 88.9 cm³/mol. The molecule has 3 rings (SSSR count). The second-order valence-corrected chi connectivity index (χ2v) is 5.40. The summed E-state index contributed by atoms with van der Waals surface area (Å²) in [5.41, 5.74) is 2.71. The standard InChI is InChI=1S/C16H15BrN2O3/c1-20-12-8-9(13(17)15(22-3)14(12)21-2)16-18-10-6-4-5-7-11(10)19-16/h4-8H,1-3H3,(H,18,19). The van der Waals surface area contributed by atoms with Crippen molar-refractivity contribution in [1.82, 2.24) is 9.97 Å². The minimum Gasteiger partial charge on any atom is -0.493 e. The van der Waals surface area contributed by atoms with E-state index in [2.05, 4.69) is 25.9 Å². The number of nitrogens with one attached hydrogen (secondary N) is 1. The molecule has 0 aliphatic heterocycles. The molecule has 2 aromatic carbocycles. The van der Waals surface area contributed by atoms with Crippen LogP contribution in [-0.2, 0) is 0 Å². The number of H-pyrrole nitrogens is 1. The van der Waals surface area contributed by atoms with E-state index in [1.54, 1.807) is 21.3 Å². The Hall–Kier alpha value is -2.21. The van der Waals surface area contributed by atoms with Gasteiger partial charge in [-0.25, -0.2) is 4.98 Å². The van der Waals surface area contributed by atoms with Gasteiger partial charge in [0.05, 0.1) is 36.8 Å². The minimum absolute atomic E-state index is 0.539. The normalized spacial score (nSPS) is 10.7. The van der Waals surface area contributed by atoms with Crippen molar-refractivity contribution in [1.29, 1.82) is 0 Å². The molecule has 0 aliphatic carbocycles. The number of imidazole rings is 1. The van der Waals surface area contributed by atoms with Gasteiger partial charge in [0.25, 0.3) is 0 Å². The maximum Gasteiger partial charge on any atom is 0.204 e. The molecule has 5 nitrogen and oxygen atoms in total. The van der Waals surface area contributed by atoms with Crippen LogP contribution in [0.4, 0.5) is 0 Å². The molecule has 6 heteroatoms. The van der Waals surface area contributed by atoms with E-state index in [-0.39, 0.29) is 0 Å². The smallest absolute Gasteiger partial charge is 0.204 e. The number of benzene rings is 2. The number of aromatic amines is 1. The van der Waals surface area contributed by atoms with Crippen molar-refractivity contribution in [3.05, 3.63) is 34.8 Å². The van der Waals surface area contributed by atoms with Gasteiger partial charge in [-0.05, 0) is 34.1 Å². The number of methoxy groups -OCH3 is 3. The number of halogens is 1. The van der Waals surface area contributed by atoms with E-state index in [9.17, 15) is 0 Å². The number of para-hydroxylation sites is 2. The molecule has 0 fully saturated rings. The SMILES string of the molecule is COc1cc(-c2nc3ccccc3[nH]2)c(Br)c(OC)c1OC. The number of nitrogens with zero attached hydrogens (tertiary/aromatic N) is 1. The van der Waals surface area contributed by atoms with Crippen LogP contribution in [0.25, 0.3) is 22.4 Å². The Morgan fingerprint density at radius 3 is 2.36 bits per heavy atom. The van der Waals surface area contributed by atoms with Crippen LogP contribution in [-0.4, -0.2) is 31.3 Å². The van der Waals surface area contributed by atoms with Gasteiger partial charge in [-0.3, -0.25) is 0 Å². The summed E-state index contributed by atoms with van der Waals surface area (Å²) in [6.07, 6.45) is 0. The van der Waals surface area contributed by atoms with Crippen LogP contribution >= 0.6 is 15.9 Å². The lowest BCUT2D eigenvalue weighted by Crippen LogP contribution is -1.97. The highest BCUT2D eigenvalue weighted by Crippen LogP contribution is 2.47. The molecule has 0 saturated heterocycles. The van der Waals surface area contributed by atoms with Crippen LogP contribution in [0, 0.1) is 0 Å². The number of hydrogen-bond donors (Lipinski definition) is 1. The Bertz CT molecular complexity index is 797. The molecule has 114 valence electrons. The zero-order chi connectivity index (χ0) is 15.7. The third-order valence-corrected chi connectivity index (χ3v) is 4.20. The molecule has 1 heterocycles. The lowest BCUT2D eigenvalue weighted by molar-refractivity contribution is 0.323. The topological polar surface area (TPSA) is 56.4 Å². The fourth-order valence-electron chi connectivity index (χ4n) is 2.37. The molecule has 0 amide bonds. The molecular weight excluding hydrogens is 348 g/mol. The highest BCUT2D eigenvalue weighted by molar-refractivity contribution is 9.10. The average Bonchev–Trinajstić information content (AvgIpc) is 2.97. The highest BCUT2D eigenvalue weighted by Gasteiger charge is 2.21. The van der Waals surface area contributed by atoms with Gasteiger partial charge in [-0.1, -0.05) is 12.1 Å². The predicted octanol–water partition coefficient (Wildman–Crippen LogP) is 4.02.